The molecule has 0 aliphatic heterocycles. The van der Waals surface area contributed by atoms with Crippen LogP contribution in [0.1, 0.15) is 78.1 Å². The normalized spacial score (nSPS) is 43.7. The van der Waals surface area contributed by atoms with Gasteiger partial charge in [0, 0.05) is 0 Å². The lowest BCUT2D eigenvalue weighted by Gasteiger charge is -2.52. The van der Waals surface area contributed by atoms with Gasteiger partial charge in [0.05, 0.1) is 17.1 Å². The molecule has 0 aromatic heterocycles. The Morgan fingerprint density at radius 3 is 2.26 bits per heavy atom. The molecule has 0 aromatic carbocycles. The van der Waals surface area contributed by atoms with Gasteiger partial charge in [0.25, 0.3) is 0 Å². The van der Waals surface area contributed by atoms with Crippen molar-refractivity contribution in [1.82, 2.24) is 0 Å². The molecule has 2 unspecified atom stereocenters. The molecule has 2 aliphatic rings. The fourth-order valence-electron chi connectivity index (χ4n) is 4.62. The molecule has 2 nitrogen and oxygen atoms in total. The van der Waals surface area contributed by atoms with Crippen molar-refractivity contribution in [3.63, 3.8) is 0 Å². The summed E-state index contributed by atoms with van der Waals surface area (Å²) in [6.07, 6.45) is 10.6. The molecule has 2 rings (SSSR count). The molecular formula is C17H29NO. The third kappa shape index (κ3) is 2.42. The molecule has 0 saturated heterocycles. The van der Waals surface area contributed by atoms with E-state index in [2.05, 4.69) is 19.9 Å². The predicted octanol–water partition coefficient (Wildman–Crippen LogP) is 4.43. The molecule has 0 aromatic rings. The highest BCUT2D eigenvalue weighted by Gasteiger charge is 2.55. The second-order valence-corrected chi connectivity index (χ2v) is 6.82. The van der Waals surface area contributed by atoms with E-state index < -0.39 is 11.0 Å². The van der Waals surface area contributed by atoms with Crippen LogP contribution in [0.5, 0.6) is 0 Å². The summed E-state index contributed by atoms with van der Waals surface area (Å²) in [6.45, 7) is 4.41. The summed E-state index contributed by atoms with van der Waals surface area (Å²) in [5.41, 5.74) is -1.17. The summed E-state index contributed by atoms with van der Waals surface area (Å²) in [4.78, 5) is 0. The van der Waals surface area contributed by atoms with E-state index in [1.807, 2.05) is 0 Å². The zero-order chi connectivity index (χ0) is 13.9. The SMILES string of the molecule is CCC1CCC(C#N)(C2(O)CCCCC2CC)CC1. The smallest absolute Gasteiger partial charge is 0.0863 e. The number of hydrogen-bond donors (Lipinski definition) is 1. The minimum atomic E-state index is -0.715. The molecule has 2 fully saturated rings. The van der Waals surface area contributed by atoms with Crippen molar-refractivity contribution >= 4 is 0 Å². The van der Waals surface area contributed by atoms with Gasteiger partial charge < -0.3 is 5.11 Å². The van der Waals surface area contributed by atoms with Crippen molar-refractivity contribution in [2.75, 3.05) is 0 Å². The van der Waals surface area contributed by atoms with Gasteiger partial charge in [-0.05, 0) is 50.4 Å². The Labute approximate surface area is 118 Å². The van der Waals surface area contributed by atoms with Gasteiger partial charge in [0.15, 0.2) is 0 Å². The maximum atomic E-state index is 11.3. The van der Waals surface area contributed by atoms with Crippen LogP contribution < -0.4 is 0 Å². The minimum absolute atomic E-state index is 0.332. The van der Waals surface area contributed by atoms with Crippen LogP contribution in [0.25, 0.3) is 0 Å². The summed E-state index contributed by atoms with van der Waals surface area (Å²) in [7, 11) is 0. The van der Waals surface area contributed by atoms with Crippen LogP contribution in [0.2, 0.25) is 0 Å². The summed E-state index contributed by atoms with van der Waals surface area (Å²) >= 11 is 0. The summed E-state index contributed by atoms with van der Waals surface area (Å²) in [5, 5.41) is 21.2. The zero-order valence-corrected chi connectivity index (χ0v) is 12.6. The molecule has 1 N–H and O–H groups in total. The van der Waals surface area contributed by atoms with Crippen LogP contribution in [0.15, 0.2) is 0 Å². The number of nitriles is 1. The van der Waals surface area contributed by atoms with Crippen LogP contribution >= 0.6 is 0 Å². The lowest BCUT2D eigenvalue weighted by atomic mass is 9.54. The Morgan fingerprint density at radius 1 is 1.05 bits per heavy atom. The van der Waals surface area contributed by atoms with Gasteiger partial charge in [-0.3, -0.25) is 0 Å². The van der Waals surface area contributed by atoms with Crippen molar-refractivity contribution in [2.24, 2.45) is 17.3 Å². The van der Waals surface area contributed by atoms with Crippen molar-refractivity contribution < 1.29 is 5.11 Å². The molecule has 19 heavy (non-hydrogen) atoms. The van der Waals surface area contributed by atoms with Gasteiger partial charge in [-0.15, -0.1) is 0 Å². The average Bonchev–Trinajstić information content (AvgIpc) is 2.47. The highest BCUT2D eigenvalue weighted by atomic mass is 16.3. The second-order valence-electron chi connectivity index (χ2n) is 6.82. The lowest BCUT2D eigenvalue weighted by molar-refractivity contribution is -0.141. The number of rotatable bonds is 3. The molecule has 0 radical (unpaired) electrons. The first-order chi connectivity index (χ1) is 9.12. The second kappa shape index (κ2) is 5.83. The van der Waals surface area contributed by atoms with Gasteiger partial charge in [-0.25, -0.2) is 0 Å². The summed E-state index contributed by atoms with van der Waals surface area (Å²) < 4.78 is 0. The summed E-state index contributed by atoms with van der Waals surface area (Å²) in [6, 6.07) is 2.59. The Bertz CT molecular complexity index is 338. The molecule has 0 heterocycles. The highest BCUT2D eigenvalue weighted by molar-refractivity contribution is 5.15. The maximum Gasteiger partial charge on any atom is 0.0863 e. The monoisotopic (exact) mass is 263 g/mol. The van der Waals surface area contributed by atoms with Crippen LogP contribution in [-0.4, -0.2) is 10.7 Å². The van der Waals surface area contributed by atoms with E-state index in [1.54, 1.807) is 0 Å². The predicted molar refractivity (Wildman–Crippen MR) is 77.5 cm³/mol. The Balaban J connectivity index is 2.22. The van der Waals surface area contributed by atoms with Gasteiger partial charge in [0.1, 0.15) is 0 Å². The van der Waals surface area contributed by atoms with Crippen LogP contribution in [-0.2, 0) is 0 Å². The van der Waals surface area contributed by atoms with Gasteiger partial charge in [0.2, 0.25) is 0 Å². The number of aliphatic hydroxyl groups is 1. The van der Waals surface area contributed by atoms with Crippen molar-refractivity contribution in [3.05, 3.63) is 0 Å². The summed E-state index contributed by atoms with van der Waals surface area (Å²) in [5.74, 6) is 1.10. The average molecular weight is 263 g/mol. The molecule has 0 bridgehead atoms. The molecule has 108 valence electrons. The van der Waals surface area contributed by atoms with Gasteiger partial charge in [-0.1, -0.05) is 39.5 Å². The van der Waals surface area contributed by atoms with Gasteiger partial charge >= 0.3 is 0 Å². The van der Waals surface area contributed by atoms with E-state index in [0.717, 1.165) is 57.3 Å². The molecule has 2 heteroatoms. The first kappa shape index (κ1) is 14.9. The standard InChI is InChI=1S/C17H29NO/c1-3-14-8-11-16(13-18,12-9-14)17(19)10-6-5-7-15(17)4-2/h14-15,19H,3-12H2,1-2H3. The molecule has 0 spiro atoms. The Morgan fingerprint density at radius 2 is 1.74 bits per heavy atom. The van der Waals surface area contributed by atoms with Crippen molar-refractivity contribution in [3.8, 4) is 6.07 Å². The number of nitrogens with zero attached hydrogens (tertiary/aromatic N) is 1. The lowest BCUT2D eigenvalue weighted by Crippen LogP contribution is -2.55. The fourth-order valence-corrected chi connectivity index (χ4v) is 4.62. The van der Waals surface area contributed by atoms with Crippen molar-refractivity contribution in [2.45, 2.75) is 83.7 Å². The van der Waals surface area contributed by atoms with Gasteiger partial charge in [-0.2, -0.15) is 5.26 Å². The van der Waals surface area contributed by atoms with E-state index in [4.69, 9.17) is 0 Å². The van der Waals surface area contributed by atoms with E-state index in [0.29, 0.717) is 5.92 Å². The first-order valence-corrected chi connectivity index (χ1v) is 8.25. The third-order valence-corrected chi connectivity index (χ3v) is 6.11. The first-order valence-electron chi connectivity index (χ1n) is 8.25. The van der Waals surface area contributed by atoms with E-state index in [-0.39, 0.29) is 0 Å². The Hall–Kier alpha value is -0.550. The molecular weight excluding hydrogens is 234 g/mol. The van der Waals surface area contributed by atoms with Crippen LogP contribution in [0.4, 0.5) is 0 Å². The van der Waals surface area contributed by atoms with E-state index in [1.165, 1.54) is 12.8 Å². The quantitative estimate of drug-likeness (QED) is 0.818. The van der Waals surface area contributed by atoms with Crippen LogP contribution in [0, 0.1) is 28.6 Å². The molecule has 0 amide bonds. The fraction of sp³-hybridized carbons (Fsp3) is 0.941. The number of hydrogen-bond acceptors (Lipinski definition) is 2. The zero-order valence-electron chi connectivity index (χ0n) is 12.6. The maximum absolute atomic E-state index is 11.3. The highest BCUT2D eigenvalue weighted by Crippen LogP contribution is 2.54. The van der Waals surface area contributed by atoms with Crippen LogP contribution in [0.3, 0.4) is 0 Å². The molecule has 2 atom stereocenters. The molecule has 2 aliphatic carbocycles. The third-order valence-electron chi connectivity index (χ3n) is 6.11. The minimum Gasteiger partial charge on any atom is -0.388 e. The molecule has 2 saturated carbocycles. The van der Waals surface area contributed by atoms with E-state index in [9.17, 15) is 10.4 Å². The van der Waals surface area contributed by atoms with Crippen molar-refractivity contribution in [1.29, 1.82) is 5.26 Å². The Kier molecular flexibility index (Phi) is 4.56. The van der Waals surface area contributed by atoms with E-state index >= 15 is 0 Å². The topological polar surface area (TPSA) is 44.0 Å². The largest absolute Gasteiger partial charge is 0.388 e.